The van der Waals surface area contributed by atoms with Crippen molar-refractivity contribution < 1.29 is 9.59 Å². The fourth-order valence-corrected chi connectivity index (χ4v) is 3.93. The van der Waals surface area contributed by atoms with Crippen molar-refractivity contribution in [3.63, 3.8) is 0 Å². The summed E-state index contributed by atoms with van der Waals surface area (Å²) in [6, 6.07) is 21.9. The van der Waals surface area contributed by atoms with Gasteiger partial charge in [0.25, 0.3) is 11.8 Å². The minimum absolute atomic E-state index is 0.398. The van der Waals surface area contributed by atoms with E-state index in [2.05, 4.69) is 31.7 Å². The zero-order valence-corrected chi connectivity index (χ0v) is 17.1. The molecule has 158 valence electrons. The van der Waals surface area contributed by atoms with Crippen molar-refractivity contribution in [2.24, 2.45) is 0 Å². The van der Waals surface area contributed by atoms with E-state index >= 15 is 0 Å². The summed E-state index contributed by atoms with van der Waals surface area (Å²) >= 11 is 0. The predicted molar refractivity (Wildman–Crippen MR) is 118 cm³/mol. The Kier molecular flexibility index (Phi) is 4.83. The molecule has 0 bridgehead atoms. The number of tetrazole rings is 1. The van der Waals surface area contributed by atoms with Gasteiger partial charge in [-0.2, -0.15) is 4.68 Å². The third-order valence-electron chi connectivity index (χ3n) is 5.40. The zero-order valence-electron chi connectivity index (χ0n) is 17.1. The van der Waals surface area contributed by atoms with E-state index in [0.29, 0.717) is 22.8 Å². The largest absolute Gasteiger partial charge is 0.326 e. The van der Waals surface area contributed by atoms with Crippen LogP contribution < -0.4 is 16.2 Å². The van der Waals surface area contributed by atoms with E-state index in [0.717, 1.165) is 16.3 Å². The third-order valence-corrected chi connectivity index (χ3v) is 5.40. The second kappa shape index (κ2) is 7.95. The Morgan fingerprint density at radius 3 is 2.47 bits per heavy atom. The Bertz CT molecular complexity index is 1360. The van der Waals surface area contributed by atoms with Crippen LogP contribution in [0, 0.1) is 0 Å². The number of aromatic nitrogens is 4. The normalized spacial score (nSPS) is 15.1. The van der Waals surface area contributed by atoms with Crippen LogP contribution in [0.4, 0.5) is 5.95 Å². The molecule has 1 aromatic heterocycles. The van der Waals surface area contributed by atoms with Gasteiger partial charge in [-0.15, -0.1) is 0 Å². The summed E-state index contributed by atoms with van der Waals surface area (Å²) < 4.78 is 1.57. The molecule has 0 spiro atoms. The molecule has 5 rings (SSSR count). The second-order valence-electron chi connectivity index (χ2n) is 7.36. The molecule has 1 unspecified atom stereocenters. The average molecular weight is 425 g/mol. The molecule has 32 heavy (non-hydrogen) atoms. The molecule has 1 aliphatic heterocycles. The van der Waals surface area contributed by atoms with Crippen LogP contribution in [0.3, 0.4) is 0 Å². The smallest absolute Gasteiger partial charge is 0.269 e. The van der Waals surface area contributed by atoms with Gasteiger partial charge in [-0.3, -0.25) is 20.4 Å². The van der Waals surface area contributed by atoms with Crippen LogP contribution in [0.2, 0.25) is 0 Å². The van der Waals surface area contributed by atoms with Gasteiger partial charge in [-0.25, -0.2) is 0 Å². The van der Waals surface area contributed by atoms with Crippen molar-refractivity contribution in [1.82, 2.24) is 31.1 Å². The summed E-state index contributed by atoms with van der Waals surface area (Å²) in [5.41, 5.74) is 7.32. The van der Waals surface area contributed by atoms with Gasteiger partial charge in [-0.1, -0.05) is 65.8 Å². The van der Waals surface area contributed by atoms with E-state index in [1.54, 1.807) is 35.9 Å². The number of hydrazine groups is 1. The highest BCUT2D eigenvalue weighted by Crippen LogP contribution is 2.37. The van der Waals surface area contributed by atoms with Crippen molar-refractivity contribution in [3.05, 3.63) is 95.2 Å². The van der Waals surface area contributed by atoms with Gasteiger partial charge < -0.3 is 5.32 Å². The second-order valence-corrected chi connectivity index (χ2v) is 7.36. The van der Waals surface area contributed by atoms with Gasteiger partial charge in [0, 0.05) is 11.3 Å². The van der Waals surface area contributed by atoms with Crippen LogP contribution in [0.15, 0.2) is 84.1 Å². The monoisotopic (exact) mass is 425 g/mol. The number of fused-ring (bicyclic) bond motifs is 2. The number of nitrogens with one attached hydrogen (secondary N) is 3. The maximum Gasteiger partial charge on any atom is 0.269 e. The quantitative estimate of drug-likeness (QED) is 0.435. The molecule has 0 radical (unpaired) electrons. The fourth-order valence-electron chi connectivity index (χ4n) is 3.93. The first-order valence-electron chi connectivity index (χ1n) is 10.0. The maximum atomic E-state index is 13.3. The summed E-state index contributed by atoms with van der Waals surface area (Å²) in [6.45, 7) is 1.78. The predicted octanol–water partition coefficient (Wildman–Crippen LogP) is 2.58. The average Bonchev–Trinajstić information content (AvgIpc) is 3.29. The van der Waals surface area contributed by atoms with E-state index in [-0.39, 0.29) is 0 Å². The number of anilines is 1. The van der Waals surface area contributed by atoms with E-state index in [4.69, 9.17) is 0 Å². The number of carbonyl (C=O) groups is 2. The number of amides is 2. The first-order valence-corrected chi connectivity index (χ1v) is 10.0. The van der Waals surface area contributed by atoms with Crippen LogP contribution in [0.1, 0.15) is 28.9 Å². The summed E-state index contributed by atoms with van der Waals surface area (Å²) in [6.07, 6.45) is 0. The van der Waals surface area contributed by atoms with E-state index in [9.17, 15) is 9.59 Å². The van der Waals surface area contributed by atoms with Gasteiger partial charge in [0.15, 0.2) is 0 Å². The number of benzene rings is 3. The topological polar surface area (TPSA) is 114 Å². The number of hydrogen-bond donors (Lipinski definition) is 3. The molecule has 4 aromatic rings. The van der Waals surface area contributed by atoms with Crippen molar-refractivity contribution in [3.8, 4) is 0 Å². The van der Waals surface area contributed by atoms with Gasteiger partial charge in [0.05, 0.1) is 5.57 Å². The SMILES string of the molecule is CC1=C(C(=O)NNC(=O)c2ccccc2)C(c2cccc3ccccc23)n2nnnc2N1. The van der Waals surface area contributed by atoms with Crippen molar-refractivity contribution in [1.29, 1.82) is 0 Å². The van der Waals surface area contributed by atoms with Crippen LogP contribution >= 0.6 is 0 Å². The summed E-state index contributed by atoms with van der Waals surface area (Å²) in [5, 5.41) is 17.0. The Morgan fingerprint density at radius 1 is 0.906 bits per heavy atom. The molecular formula is C23H19N7O2. The molecule has 0 fully saturated rings. The van der Waals surface area contributed by atoms with Gasteiger partial charge >= 0.3 is 0 Å². The molecule has 3 N–H and O–H groups in total. The molecule has 0 saturated carbocycles. The van der Waals surface area contributed by atoms with Crippen LogP contribution in [0.25, 0.3) is 10.8 Å². The highest BCUT2D eigenvalue weighted by Gasteiger charge is 2.35. The number of nitrogens with zero attached hydrogens (tertiary/aromatic N) is 4. The molecule has 9 nitrogen and oxygen atoms in total. The molecule has 1 atom stereocenters. The van der Waals surface area contributed by atoms with Crippen molar-refractivity contribution in [2.75, 3.05) is 5.32 Å². The molecule has 2 heterocycles. The number of rotatable bonds is 3. The van der Waals surface area contributed by atoms with E-state index < -0.39 is 17.9 Å². The minimum atomic E-state index is -0.582. The number of allylic oxidation sites excluding steroid dienone is 1. The Hall–Kier alpha value is -4.53. The van der Waals surface area contributed by atoms with Crippen LogP contribution in [0.5, 0.6) is 0 Å². The molecule has 9 heteroatoms. The number of hydrogen-bond acceptors (Lipinski definition) is 6. The number of carbonyl (C=O) groups excluding carboxylic acids is 2. The summed E-state index contributed by atoms with van der Waals surface area (Å²) in [7, 11) is 0. The van der Waals surface area contributed by atoms with Crippen LogP contribution in [-0.2, 0) is 4.79 Å². The molecular weight excluding hydrogens is 406 g/mol. The lowest BCUT2D eigenvalue weighted by atomic mass is 9.91. The third kappa shape index (κ3) is 3.35. The fraction of sp³-hybridized carbons (Fsp3) is 0.0870. The Morgan fingerprint density at radius 2 is 1.62 bits per heavy atom. The molecule has 3 aromatic carbocycles. The minimum Gasteiger partial charge on any atom is -0.326 e. The lowest BCUT2D eigenvalue weighted by Gasteiger charge is -2.28. The standard InChI is InChI=1S/C23H19N7O2/c1-14-19(22(32)26-25-21(31)16-9-3-2-4-10-16)20(30-23(24-14)27-28-29-30)18-13-7-11-15-8-5-6-12-17(15)18/h2-13,20H,1H3,(H,25,31)(H,26,32)(H,24,27,29). The first kappa shape index (κ1) is 19.4. The van der Waals surface area contributed by atoms with Crippen molar-refractivity contribution in [2.45, 2.75) is 13.0 Å². The summed E-state index contributed by atoms with van der Waals surface area (Å²) in [4.78, 5) is 25.7. The van der Waals surface area contributed by atoms with E-state index in [1.807, 2.05) is 48.5 Å². The van der Waals surface area contributed by atoms with Gasteiger partial charge in [0.2, 0.25) is 5.95 Å². The maximum absolute atomic E-state index is 13.3. The van der Waals surface area contributed by atoms with Gasteiger partial charge in [0.1, 0.15) is 6.04 Å². The summed E-state index contributed by atoms with van der Waals surface area (Å²) in [5.74, 6) is -0.436. The van der Waals surface area contributed by atoms with Gasteiger partial charge in [-0.05, 0) is 45.8 Å². The Labute approximate surface area is 183 Å². The zero-order chi connectivity index (χ0) is 22.1. The lowest BCUT2D eigenvalue weighted by Crippen LogP contribution is -2.45. The molecule has 0 saturated heterocycles. The Balaban J connectivity index is 1.52. The van der Waals surface area contributed by atoms with E-state index in [1.165, 1.54) is 0 Å². The lowest BCUT2D eigenvalue weighted by molar-refractivity contribution is -0.118. The molecule has 1 aliphatic rings. The molecule has 2 amide bonds. The highest BCUT2D eigenvalue weighted by molar-refractivity contribution is 6.01. The van der Waals surface area contributed by atoms with Crippen LogP contribution in [-0.4, -0.2) is 32.0 Å². The highest BCUT2D eigenvalue weighted by atomic mass is 16.2. The molecule has 0 aliphatic carbocycles. The first-order chi connectivity index (χ1) is 15.6. The van der Waals surface area contributed by atoms with Crippen molar-refractivity contribution >= 4 is 28.5 Å².